The maximum atomic E-state index is 13.7. The Morgan fingerprint density at radius 3 is 1.64 bits per heavy atom. The zero-order valence-electron chi connectivity index (χ0n) is 37.4. The first-order chi connectivity index (χ1) is 31.4. The summed E-state index contributed by atoms with van der Waals surface area (Å²) >= 11 is 0. The van der Waals surface area contributed by atoms with Gasteiger partial charge in [-0.05, 0) is 61.5 Å². The van der Waals surface area contributed by atoms with Crippen molar-refractivity contribution in [3.8, 4) is 5.75 Å². The Morgan fingerprint density at radius 2 is 1.16 bits per heavy atom. The van der Waals surface area contributed by atoms with Gasteiger partial charge in [0.25, 0.3) is 0 Å². The van der Waals surface area contributed by atoms with Gasteiger partial charge in [0.1, 0.15) is 17.8 Å². The SMILES string of the molecule is [CH2]c1ccc(NC(=O)[C@H](CCCCN)NC(=O)[C@H](Cc2ccccc2)NC(=O)CCOCCOCCOCCOCCOCCOCCOCCOCCOCCN=[N+]=[N-])c(OC)c1. The summed E-state index contributed by atoms with van der Waals surface area (Å²) in [7, 11) is 1.50. The standard InChI is InChI=1S/C44H70N7O13/c1-36-11-12-38(41(34-36)55-2)49-43(53)39(10-6-7-14-45)50-44(54)40(35-37-8-4-3-5-9-37)48-42(52)13-16-56-18-20-58-22-24-60-26-28-62-30-32-64-33-31-63-29-27-61-25-23-59-21-19-57-17-15-47-51-46/h3-5,8-9,11-12,34,39-40H,1,6-7,10,13-33,35,45H2,2H3,(H,48,52)(H,49,53)(H,50,54)/t39-,40-/m0/s1. The van der Waals surface area contributed by atoms with Crippen molar-refractivity contribution in [2.75, 3.05) is 144 Å². The van der Waals surface area contributed by atoms with Crippen molar-refractivity contribution in [1.82, 2.24) is 10.6 Å². The van der Waals surface area contributed by atoms with Crippen LogP contribution in [-0.4, -0.2) is 169 Å². The van der Waals surface area contributed by atoms with E-state index in [1.54, 1.807) is 18.2 Å². The second-order valence-corrected chi connectivity index (χ2v) is 13.9. The van der Waals surface area contributed by atoms with Gasteiger partial charge in [-0.25, -0.2) is 0 Å². The Kier molecular flexibility index (Phi) is 33.9. The number of unbranched alkanes of at least 4 members (excludes halogenated alkanes) is 1. The van der Waals surface area contributed by atoms with E-state index in [1.165, 1.54) is 7.11 Å². The third-order valence-electron chi connectivity index (χ3n) is 8.89. The Labute approximate surface area is 377 Å². The number of benzene rings is 2. The monoisotopic (exact) mass is 905 g/mol. The predicted molar refractivity (Wildman–Crippen MR) is 239 cm³/mol. The number of hydrogen-bond donors (Lipinski definition) is 4. The minimum atomic E-state index is -0.940. The third-order valence-corrected chi connectivity index (χ3v) is 8.89. The van der Waals surface area contributed by atoms with Gasteiger partial charge in [-0.1, -0.05) is 41.5 Å². The van der Waals surface area contributed by atoms with Crippen molar-refractivity contribution in [3.63, 3.8) is 0 Å². The van der Waals surface area contributed by atoms with E-state index in [0.717, 1.165) is 11.1 Å². The molecule has 0 bridgehead atoms. The summed E-state index contributed by atoms with van der Waals surface area (Å²) in [6.07, 6.45) is 1.88. The zero-order valence-corrected chi connectivity index (χ0v) is 37.4. The van der Waals surface area contributed by atoms with Crippen LogP contribution in [0.2, 0.25) is 0 Å². The molecule has 5 N–H and O–H groups in total. The quantitative estimate of drug-likeness (QED) is 0.0324. The van der Waals surface area contributed by atoms with Crippen molar-refractivity contribution >= 4 is 23.4 Å². The van der Waals surface area contributed by atoms with Gasteiger partial charge in [-0.3, -0.25) is 14.4 Å². The molecule has 0 heterocycles. The van der Waals surface area contributed by atoms with Crippen molar-refractivity contribution < 1.29 is 61.8 Å². The summed E-state index contributed by atoms with van der Waals surface area (Å²) in [6, 6.07) is 12.6. The molecule has 1 radical (unpaired) electrons. The van der Waals surface area contributed by atoms with Crippen molar-refractivity contribution in [2.24, 2.45) is 10.8 Å². The van der Waals surface area contributed by atoms with Crippen LogP contribution < -0.4 is 26.4 Å². The Morgan fingerprint density at radius 1 is 0.656 bits per heavy atom. The highest BCUT2D eigenvalue weighted by Gasteiger charge is 2.27. The minimum absolute atomic E-state index is 0.0263. The summed E-state index contributed by atoms with van der Waals surface area (Å²) in [4.78, 5) is 42.8. The van der Waals surface area contributed by atoms with Crippen LogP contribution in [0, 0.1) is 6.92 Å². The predicted octanol–water partition coefficient (Wildman–Crippen LogP) is 3.01. The number of nitrogens with two attached hydrogens (primary N) is 1. The molecule has 20 nitrogen and oxygen atoms in total. The topological polar surface area (TPSA) is 254 Å². The third kappa shape index (κ3) is 29.1. The smallest absolute Gasteiger partial charge is 0.247 e. The molecule has 0 saturated heterocycles. The fourth-order valence-electron chi connectivity index (χ4n) is 5.59. The van der Waals surface area contributed by atoms with E-state index < -0.39 is 23.9 Å². The Bertz CT molecular complexity index is 1560. The van der Waals surface area contributed by atoms with Crippen LogP contribution in [0.5, 0.6) is 5.75 Å². The van der Waals surface area contributed by atoms with E-state index in [1.807, 2.05) is 30.3 Å². The molecule has 3 amide bonds. The fourth-order valence-corrected chi connectivity index (χ4v) is 5.59. The lowest BCUT2D eigenvalue weighted by atomic mass is 10.0. The number of hydrogen-bond acceptors (Lipinski definition) is 15. The zero-order chi connectivity index (χ0) is 46.1. The number of rotatable bonds is 42. The van der Waals surface area contributed by atoms with Gasteiger partial charge in [-0.15, -0.1) is 0 Å². The number of carbonyl (C=O) groups is 3. The number of nitrogens with zero attached hydrogens (tertiary/aromatic N) is 3. The summed E-state index contributed by atoms with van der Waals surface area (Å²) in [5, 5.41) is 11.9. The molecule has 0 fully saturated rings. The minimum Gasteiger partial charge on any atom is -0.495 e. The van der Waals surface area contributed by atoms with Crippen LogP contribution in [0.4, 0.5) is 5.69 Å². The second kappa shape index (κ2) is 39.0. The number of azide groups is 1. The van der Waals surface area contributed by atoms with Gasteiger partial charge < -0.3 is 69.1 Å². The first kappa shape index (κ1) is 55.7. The molecule has 20 heteroatoms. The number of carbonyl (C=O) groups excluding carboxylic acids is 3. The molecule has 0 aliphatic rings. The van der Waals surface area contributed by atoms with Crippen LogP contribution >= 0.6 is 0 Å². The molecule has 2 aromatic rings. The lowest BCUT2D eigenvalue weighted by Gasteiger charge is -2.24. The summed E-state index contributed by atoms with van der Waals surface area (Å²) in [5.74, 6) is -0.829. The molecule has 2 atom stereocenters. The number of nitrogens with one attached hydrogen (secondary N) is 3. The molecule has 0 aliphatic carbocycles. The normalized spacial score (nSPS) is 12.0. The summed E-state index contributed by atoms with van der Waals surface area (Å²) in [5.41, 5.74) is 15.9. The van der Waals surface area contributed by atoms with Crippen molar-refractivity contribution in [1.29, 1.82) is 0 Å². The fraction of sp³-hybridized carbons (Fsp3) is 0.636. The maximum Gasteiger partial charge on any atom is 0.247 e. The molecule has 64 heavy (non-hydrogen) atoms. The summed E-state index contributed by atoms with van der Waals surface area (Å²) < 4.78 is 54.6. The first-order valence-electron chi connectivity index (χ1n) is 21.7. The van der Waals surface area contributed by atoms with Crippen LogP contribution in [0.15, 0.2) is 53.6 Å². The van der Waals surface area contributed by atoms with Gasteiger partial charge in [-0.2, -0.15) is 0 Å². The van der Waals surface area contributed by atoms with Gasteiger partial charge in [0, 0.05) is 24.3 Å². The maximum absolute atomic E-state index is 13.7. The van der Waals surface area contributed by atoms with E-state index >= 15 is 0 Å². The van der Waals surface area contributed by atoms with Crippen LogP contribution in [0.3, 0.4) is 0 Å². The largest absolute Gasteiger partial charge is 0.495 e. The molecular formula is C44H70N7O13. The average Bonchev–Trinajstić information content (AvgIpc) is 3.30. The molecule has 0 aromatic heterocycles. The molecule has 0 aliphatic heterocycles. The number of anilines is 1. The molecule has 0 saturated carbocycles. The number of amides is 3. The molecular weight excluding hydrogens is 835 g/mol. The van der Waals surface area contributed by atoms with Crippen LogP contribution in [0.1, 0.15) is 36.8 Å². The van der Waals surface area contributed by atoms with E-state index in [4.69, 9.17) is 58.6 Å². The van der Waals surface area contributed by atoms with Gasteiger partial charge in [0.15, 0.2) is 0 Å². The lowest BCUT2D eigenvalue weighted by Crippen LogP contribution is -2.53. The van der Waals surface area contributed by atoms with Gasteiger partial charge in [0.05, 0.1) is 132 Å². The van der Waals surface area contributed by atoms with Crippen LogP contribution in [-0.2, 0) is 63.4 Å². The van der Waals surface area contributed by atoms with E-state index in [2.05, 4.69) is 32.9 Å². The first-order valence-corrected chi connectivity index (χ1v) is 21.7. The number of ether oxygens (including phenoxy) is 10. The van der Waals surface area contributed by atoms with Gasteiger partial charge >= 0.3 is 0 Å². The Balaban J connectivity index is 1.52. The highest BCUT2D eigenvalue weighted by Crippen LogP contribution is 2.25. The van der Waals surface area contributed by atoms with E-state index in [-0.39, 0.29) is 32.0 Å². The molecule has 2 aromatic carbocycles. The molecule has 359 valence electrons. The van der Waals surface area contributed by atoms with E-state index in [9.17, 15) is 14.4 Å². The summed E-state index contributed by atoms with van der Waals surface area (Å²) in [6.45, 7) is 11.9. The van der Waals surface area contributed by atoms with Crippen LogP contribution in [0.25, 0.3) is 10.4 Å². The highest BCUT2D eigenvalue weighted by atomic mass is 16.6. The Hall–Kier alpha value is -4.44. The number of methoxy groups -OCH3 is 1. The lowest BCUT2D eigenvalue weighted by molar-refractivity contribution is -0.131. The average molecular weight is 905 g/mol. The van der Waals surface area contributed by atoms with E-state index in [0.29, 0.717) is 149 Å². The molecule has 0 unspecified atom stereocenters. The van der Waals surface area contributed by atoms with Gasteiger partial charge in [0.2, 0.25) is 17.7 Å². The highest BCUT2D eigenvalue weighted by molar-refractivity contribution is 5.99. The molecule has 2 rings (SSSR count). The second-order valence-electron chi connectivity index (χ2n) is 13.9. The molecule has 0 spiro atoms. The van der Waals surface area contributed by atoms with Crippen molar-refractivity contribution in [3.05, 3.63) is 77.0 Å². The van der Waals surface area contributed by atoms with Crippen molar-refractivity contribution in [2.45, 2.75) is 44.2 Å².